The van der Waals surface area contributed by atoms with Gasteiger partial charge in [0.25, 0.3) is 0 Å². The van der Waals surface area contributed by atoms with Gasteiger partial charge >= 0.3 is 5.97 Å². The molecule has 0 unspecified atom stereocenters. The van der Waals surface area contributed by atoms with Gasteiger partial charge in [-0.25, -0.2) is 9.18 Å². The number of carbonyl (C=O) groups excluding carboxylic acids is 2. The quantitative estimate of drug-likeness (QED) is 0.615. The fourth-order valence-corrected chi connectivity index (χ4v) is 3.50. The first-order valence-corrected chi connectivity index (χ1v) is 9.15. The lowest BCUT2D eigenvalue weighted by molar-refractivity contribution is 0.0172. The van der Waals surface area contributed by atoms with Gasteiger partial charge in [0.1, 0.15) is 18.1 Å². The number of fused-ring (bicyclic) bond motifs is 1. The van der Waals surface area contributed by atoms with Gasteiger partial charge in [-0.15, -0.1) is 0 Å². The molecule has 144 valence electrons. The minimum absolute atomic E-state index is 0.0125. The van der Waals surface area contributed by atoms with Crippen LogP contribution >= 0.6 is 0 Å². The van der Waals surface area contributed by atoms with Crippen LogP contribution in [0.5, 0.6) is 0 Å². The van der Waals surface area contributed by atoms with Crippen molar-refractivity contribution in [3.63, 3.8) is 0 Å². The van der Waals surface area contributed by atoms with Crippen molar-refractivity contribution in [3.8, 4) is 0 Å². The number of H-pyrrole nitrogens is 1. The van der Waals surface area contributed by atoms with Crippen LogP contribution in [0.2, 0.25) is 0 Å². The van der Waals surface area contributed by atoms with Crippen molar-refractivity contribution in [1.29, 1.82) is 0 Å². The van der Waals surface area contributed by atoms with Gasteiger partial charge in [-0.05, 0) is 56.4 Å². The van der Waals surface area contributed by atoms with Crippen LogP contribution < -0.4 is 0 Å². The topological polar surface area (TPSA) is 68.4 Å². The van der Waals surface area contributed by atoms with E-state index in [0.717, 1.165) is 11.3 Å². The van der Waals surface area contributed by atoms with Gasteiger partial charge in [0, 0.05) is 17.7 Å². The molecule has 0 spiro atoms. The molecule has 1 aromatic carbocycles. The highest BCUT2D eigenvalue weighted by atomic mass is 19.1. The van der Waals surface area contributed by atoms with Crippen LogP contribution in [0.3, 0.4) is 0 Å². The number of esters is 1. The van der Waals surface area contributed by atoms with E-state index in [1.165, 1.54) is 12.1 Å². The Bertz CT molecular complexity index is 839. The third kappa shape index (κ3) is 4.27. The molecule has 0 aliphatic heterocycles. The predicted octanol–water partition coefficient (Wildman–Crippen LogP) is 3.96. The maximum absolute atomic E-state index is 13.2. The van der Waals surface area contributed by atoms with E-state index in [0.29, 0.717) is 36.3 Å². The van der Waals surface area contributed by atoms with Gasteiger partial charge in [0.2, 0.25) is 0 Å². The maximum Gasteiger partial charge on any atom is 0.355 e. The molecule has 0 radical (unpaired) electrons. The summed E-state index contributed by atoms with van der Waals surface area (Å²) in [6.07, 6.45) is 1.01. The van der Waals surface area contributed by atoms with Crippen molar-refractivity contribution in [2.24, 2.45) is 0 Å². The lowest BCUT2D eigenvalue weighted by Crippen LogP contribution is -2.18. The first-order chi connectivity index (χ1) is 12.9. The standard InChI is InChI=1S/C21H24FNO4/c1-12(2)26-8-9-27-21(25)20-13(3)19-17(23-20)10-15(11-18(19)24)14-4-6-16(22)7-5-14/h4-7,12,15,23H,8-11H2,1-3H3/t15-/m1/s1. The van der Waals surface area contributed by atoms with Gasteiger partial charge in [0.05, 0.1) is 12.7 Å². The number of nitrogens with one attached hydrogen (secondary N) is 1. The van der Waals surface area contributed by atoms with E-state index in [1.807, 2.05) is 13.8 Å². The summed E-state index contributed by atoms with van der Waals surface area (Å²) in [5.74, 6) is -0.836. The molecule has 5 nitrogen and oxygen atoms in total. The second kappa shape index (κ2) is 8.05. The Morgan fingerprint density at radius 2 is 1.93 bits per heavy atom. The van der Waals surface area contributed by atoms with Gasteiger partial charge in [-0.1, -0.05) is 12.1 Å². The number of hydrogen-bond donors (Lipinski definition) is 1. The molecule has 0 fully saturated rings. The first-order valence-electron chi connectivity index (χ1n) is 9.15. The van der Waals surface area contributed by atoms with Gasteiger partial charge in [-0.2, -0.15) is 0 Å². The summed E-state index contributed by atoms with van der Waals surface area (Å²) >= 11 is 0. The molecule has 1 aromatic heterocycles. The van der Waals surface area contributed by atoms with E-state index in [-0.39, 0.29) is 30.2 Å². The van der Waals surface area contributed by atoms with Gasteiger partial charge in [-0.3, -0.25) is 4.79 Å². The monoisotopic (exact) mass is 373 g/mol. The molecule has 0 bridgehead atoms. The number of aromatic nitrogens is 1. The lowest BCUT2D eigenvalue weighted by atomic mass is 9.81. The van der Waals surface area contributed by atoms with Crippen molar-refractivity contribution in [2.75, 3.05) is 13.2 Å². The zero-order valence-corrected chi connectivity index (χ0v) is 15.8. The van der Waals surface area contributed by atoms with E-state index in [9.17, 15) is 14.0 Å². The average molecular weight is 373 g/mol. The summed E-state index contributed by atoms with van der Waals surface area (Å²) in [5, 5.41) is 0. The van der Waals surface area contributed by atoms with Crippen LogP contribution in [0.1, 0.15) is 63.9 Å². The number of ether oxygens (including phenoxy) is 2. The minimum atomic E-state index is -0.486. The number of Topliss-reactive ketones (excluding diaryl/α,β-unsaturated/α-hetero) is 1. The molecule has 3 rings (SSSR count). The Morgan fingerprint density at radius 3 is 2.59 bits per heavy atom. The van der Waals surface area contributed by atoms with Crippen LogP contribution in [0, 0.1) is 12.7 Å². The number of hydrogen-bond acceptors (Lipinski definition) is 4. The molecule has 1 heterocycles. The normalized spacial score (nSPS) is 16.5. The van der Waals surface area contributed by atoms with E-state index >= 15 is 0 Å². The number of halogens is 1. The zero-order valence-electron chi connectivity index (χ0n) is 15.8. The van der Waals surface area contributed by atoms with E-state index in [1.54, 1.807) is 19.1 Å². The molecule has 0 amide bonds. The number of benzene rings is 1. The third-order valence-electron chi connectivity index (χ3n) is 4.80. The average Bonchev–Trinajstić information content (AvgIpc) is 2.96. The molecular weight excluding hydrogens is 349 g/mol. The fourth-order valence-electron chi connectivity index (χ4n) is 3.50. The molecule has 1 aliphatic rings. The highest BCUT2D eigenvalue weighted by Crippen LogP contribution is 2.35. The zero-order chi connectivity index (χ0) is 19.6. The smallest absolute Gasteiger partial charge is 0.355 e. The van der Waals surface area contributed by atoms with Crippen LogP contribution in [0.15, 0.2) is 24.3 Å². The lowest BCUT2D eigenvalue weighted by Gasteiger charge is -2.22. The Hall–Kier alpha value is -2.47. The van der Waals surface area contributed by atoms with E-state index in [2.05, 4.69) is 4.98 Å². The first kappa shape index (κ1) is 19.3. The van der Waals surface area contributed by atoms with E-state index in [4.69, 9.17) is 9.47 Å². The van der Waals surface area contributed by atoms with Crippen molar-refractivity contribution < 1.29 is 23.5 Å². The molecule has 0 saturated heterocycles. The summed E-state index contributed by atoms with van der Waals surface area (Å²) in [5.41, 5.74) is 3.18. The molecule has 1 atom stereocenters. The van der Waals surface area contributed by atoms with Gasteiger partial charge in [0.15, 0.2) is 5.78 Å². The summed E-state index contributed by atoms with van der Waals surface area (Å²) < 4.78 is 23.8. The molecular formula is C21H24FNO4. The Balaban J connectivity index is 1.74. The van der Waals surface area contributed by atoms with E-state index < -0.39 is 5.97 Å². The van der Waals surface area contributed by atoms with Crippen LogP contribution in [-0.2, 0) is 15.9 Å². The van der Waals surface area contributed by atoms with Crippen LogP contribution in [0.25, 0.3) is 0 Å². The second-order valence-corrected chi connectivity index (χ2v) is 7.11. The molecule has 1 aliphatic carbocycles. The molecule has 27 heavy (non-hydrogen) atoms. The molecule has 2 aromatic rings. The Kier molecular flexibility index (Phi) is 5.75. The Labute approximate surface area is 157 Å². The summed E-state index contributed by atoms with van der Waals surface area (Å²) in [4.78, 5) is 28.1. The maximum atomic E-state index is 13.2. The van der Waals surface area contributed by atoms with Crippen molar-refractivity contribution in [3.05, 3.63) is 58.2 Å². The van der Waals surface area contributed by atoms with Crippen LogP contribution in [-0.4, -0.2) is 36.1 Å². The fraction of sp³-hybridized carbons (Fsp3) is 0.429. The second-order valence-electron chi connectivity index (χ2n) is 7.11. The molecule has 1 N–H and O–H groups in total. The minimum Gasteiger partial charge on any atom is -0.459 e. The molecule has 6 heteroatoms. The predicted molar refractivity (Wildman–Crippen MR) is 98.7 cm³/mol. The molecule has 0 saturated carbocycles. The highest BCUT2D eigenvalue weighted by molar-refractivity contribution is 6.03. The largest absolute Gasteiger partial charge is 0.459 e. The van der Waals surface area contributed by atoms with Crippen molar-refractivity contribution in [1.82, 2.24) is 4.98 Å². The van der Waals surface area contributed by atoms with Gasteiger partial charge < -0.3 is 14.5 Å². The SMILES string of the molecule is Cc1c(C(=O)OCCOC(C)C)[nH]c2c1C(=O)C[C@H](c1ccc(F)cc1)C2. The summed E-state index contributed by atoms with van der Waals surface area (Å²) in [6.45, 7) is 6.07. The highest BCUT2D eigenvalue weighted by Gasteiger charge is 2.32. The number of ketones is 1. The summed E-state index contributed by atoms with van der Waals surface area (Å²) in [7, 11) is 0. The number of aromatic amines is 1. The Morgan fingerprint density at radius 1 is 1.22 bits per heavy atom. The third-order valence-corrected chi connectivity index (χ3v) is 4.80. The summed E-state index contributed by atoms with van der Waals surface area (Å²) in [6, 6.07) is 6.21. The van der Waals surface area contributed by atoms with Crippen molar-refractivity contribution in [2.45, 2.75) is 45.6 Å². The van der Waals surface area contributed by atoms with Crippen LogP contribution in [0.4, 0.5) is 4.39 Å². The number of rotatable bonds is 6. The number of carbonyl (C=O) groups is 2. The van der Waals surface area contributed by atoms with Crippen molar-refractivity contribution >= 4 is 11.8 Å².